The van der Waals surface area contributed by atoms with E-state index in [-0.39, 0.29) is 29.7 Å². The monoisotopic (exact) mass is 371 g/mol. The number of amides is 3. The van der Waals surface area contributed by atoms with Gasteiger partial charge >= 0.3 is 6.03 Å². The van der Waals surface area contributed by atoms with Gasteiger partial charge in [-0.05, 0) is 25.0 Å². The van der Waals surface area contributed by atoms with Crippen molar-refractivity contribution in [2.75, 3.05) is 23.8 Å². The molecule has 1 aliphatic carbocycles. The number of nitrogens with zero attached hydrogens (tertiary/aromatic N) is 3. The van der Waals surface area contributed by atoms with Gasteiger partial charge in [0, 0.05) is 30.8 Å². The molecular formula is C19H22FN5O2. The summed E-state index contributed by atoms with van der Waals surface area (Å²) in [5.41, 5.74) is 1.54. The fourth-order valence-corrected chi connectivity index (χ4v) is 4.30. The molecule has 2 aromatic rings. The van der Waals surface area contributed by atoms with Crippen molar-refractivity contribution in [2.24, 2.45) is 0 Å². The Morgan fingerprint density at radius 3 is 2.81 bits per heavy atom. The molecule has 1 spiro atoms. The molecule has 2 N–H and O–H groups in total. The van der Waals surface area contributed by atoms with E-state index in [9.17, 15) is 14.0 Å². The zero-order valence-corrected chi connectivity index (χ0v) is 15.2. The number of carbonyl (C=O) groups excluding carboxylic acids is 2. The molecule has 0 saturated heterocycles. The quantitative estimate of drug-likeness (QED) is 0.871. The number of carbonyl (C=O) groups is 2. The highest BCUT2D eigenvalue weighted by Gasteiger charge is 2.48. The molecule has 0 bridgehead atoms. The molecule has 2 heterocycles. The summed E-state index contributed by atoms with van der Waals surface area (Å²) in [4.78, 5) is 25.9. The fourth-order valence-electron chi connectivity index (χ4n) is 4.30. The van der Waals surface area contributed by atoms with Crippen LogP contribution in [0.1, 0.15) is 31.2 Å². The van der Waals surface area contributed by atoms with Crippen LogP contribution >= 0.6 is 0 Å². The SMILES string of the molecule is CNC(=O)Cn1cc(NC(=O)N2CC3(CCCC3)c3c(F)cccc32)cn1. The average molecular weight is 371 g/mol. The Balaban J connectivity index is 1.55. The number of aromatic nitrogens is 2. The highest BCUT2D eigenvalue weighted by Crippen LogP contribution is 2.51. The highest BCUT2D eigenvalue weighted by molar-refractivity contribution is 6.03. The van der Waals surface area contributed by atoms with E-state index in [0.717, 1.165) is 25.7 Å². The first kappa shape index (κ1) is 17.5. The molecular weight excluding hydrogens is 349 g/mol. The topological polar surface area (TPSA) is 79.3 Å². The summed E-state index contributed by atoms with van der Waals surface area (Å²) in [6.45, 7) is 0.564. The lowest BCUT2D eigenvalue weighted by Gasteiger charge is -2.24. The predicted octanol–water partition coefficient (Wildman–Crippen LogP) is 2.63. The molecule has 1 aromatic heterocycles. The van der Waals surface area contributed by atoms with Gasteiger partial charge in [0.25, 0.3) is 0 Å². The first-order valence-electron chi connectivity index (χ1n) is 9.13. The van der Waals surface area contributed by atoms with Crippen molar-refractivity contribution in [2.45, 2.75) is 37.6 Å². The van der Waals surface area contributed by atoms with E-state index in [2.05, 4.69) is 15.7 Å². The predicted molar refractivity (Wildman–Crippen MR) is 99.2 cm³/mol. The molecule has 0 radical (unpaired) electrons. The Kier molecular flexibility index (Phi) is 4.33. The number of benzene rings is 1. The maximum absolute atomic E-state index is 14.6. The molecule has 2 aliphatic rings. The molecule has 142 valence electrons. The van der Waals surface area contributed by atoms with Gasteiger partial charge in [0.05, 0.1) is 17.6 Å². The molecule has 4 rings (SSSR count). The molecule has 1 aromatic carbocycles. The molecule has 27 heavy (non-hydrogen) atoms. The number of anilines is 2. The van der Waals surface area contributed by atoms with Gasteiger partial charge in [-0.1, -0.05) is 18.9 Å². The van der Waals surface area contributed by atoms with E-state index in [0.29, 0.717) is 23.5 Å². The molecule has 1 saturated carbocycles. The van der Waals surface area contributed by atoms with Gasteiger partial charge in [0.1, 0.15) is 12.4 Å². The van der Waals surface area contributed by atoms with Crippen molar-refractivity contribution in [1.82, 2.24) is 15.1 Å². The zero-order valence-electron chi connectivity index (χ0n) is 15.2. The van der Waals surface area contributed by atoms with Crippen molar-refractivity contribution >= 4 is 23.3 Å². The van der Waals surface area contributed by atoms with Gasteiger partial charge in [0.2, 0.25) is 5.91 Å². The maximum Gasteiger partial charge on any atom is 0.326 e. The maximum atomic E-state index is 14.6. The zero-order chi connectivity index (χ0) is 19.0. The van der Waals surface area contributed by atoms with Gasteiger partial charge in [0.15, 0.2) is 0 Å². The molecule has 0 unspecified atom stereocenters. The van der Waals surface area contributed by atoms with Gasteiger partial charge in [-0.15, -0.1) is 0 Å². The first-order valence-corrected chi connectivity index (χ1v) is 9.13. The van der Waals surface area contributed by atoms with Crippen LogP contribution in [0.2, 0.25) is 0 Å². The number of nitrogens with one attached hydrogen (secondary N) is 2. The van der Waals surface area contributed by atoms with E-state index >= 15 is 0 Å². The van der Waals surface area contributed by atoms with Crippen LogP contribution in [-0.4, -0.2) is 35.3 Å². The van der Waals surface area contributed by atoms with Crippen molar-refractivity contribution in [3.8, 4) is 0 Å². The van der Waals surface area contributed by atoms with Crippen LogP contribution in [0.25, 0.3) is 0 Å². The molecule has 8 heteroatoms. The van der Waals surface area contributed by atoms with E-state index in [1.54, 1.807) is 30.3 Å². The van der Waals surface area contributed by atoms with Gasteiger partial charge in [-0.3, -0.25) is 14.4 Å². The third-order valence-electron chi connectivity index (χ3n) is 5.55. The molecule has 0 atom stereocenters. The second-order valence-electron chi connectivity index (χ2n) is 7.24. The minimum Gasteiger partial charge on any atom is -0.358 e. The van der Waals surface area contributed by atoms with E-state index in [4.69, 9.17) is 0 Å². The van der Waals surface area contributed by atoms with Crippen LogP contribution in [-0.2, 0) is 16.8 Å². The Morgan fingerprint density at radius 2 is 2.07 bits per heavy atom. The fraction of sp³-hybridized carbons (Fsp3) is 0.421. The third-order valence-corrected chi connectivity index (χ3v) is 5.55. The standard InChI is InChI=1S/C19H22FN5O2/c1-21-16(26)11-24-10-13(9-22-24)23-18(27)25-12-19(7-2-3-8-19)17-14(20)5-4-6-15(17)25/h4-6,9-10H,2-3,7-8,11-12H2,1H3,(H,21,26)(H,23,27). The summed E-state index contributed by atoms with van der Waals surface area (Å²) in [6, 6.07) is 4.61. The van der Waals surface area contributed by atoms with Crippen LogP contribution in [0.5, 0.6) is 0 Å². The smallest absolute Gasteiger partial charge is 0.326 e. The number of fused-ring (bicyclic) bond motifs is 2. The lowest BCUT2D eigenvalue weighted by atomic mass is 9.80. The summed E-state index contributed by atoms with van der Waals surface area (Å²) in [5.74, 6) is -0.411. The van der Waals surface area contributed by atoms with Gasteiger partial charge < -0.3 is 10.6 Å². The number of hydrogen-bond donors (Lipinski definition) is 2. The Morgan fingerprint density at radius 1 is 1.30 bits per heavy atom. The normalized spacial score (nSPS) is 17.2. The van der Waals surface area contributed by atoms with Crippen molar-refractivity contribution < 1.29 is 14.0 Å². The first-order chi connectivity index (χ1) is 13.0. The van der Waals surface area contributed by atoms with Crippen LogP contribution in [0.3, 0.4) is 0 Å². The largest absolute Gasteiger partial charge is 0.358 e. The van der Waals surface area contributed by atoms with Crippen molar-refractivity contribution in [3.63, 3.8) is 0 Å². The summed E-state index contributed by atoms with van der Waals surface area (Å²) < 4.78 is 16.0. The number of hydrogen-bond acceptors (Lipinski definition) is 3. The summed E-state index contributed by atoms with van der Waals surface area (Å²) in [5, 5.41) is 9.41. The van der Waals surface area contributed by atoms with Crippen LogP contribution in [0.4, 0.5) is 20.6 Å². The Bertz CT molecular complexity index is 888. The van der Waals surface area contributed by atoms with Crippen LogP contribution < -0.4 is 15.5 Å². The van der Waals surface area contributed by atoms with Crippen molar-refractivity contribution in [3.05, 3.63) is 42.0 Å². The van der Waals surface area contributed by atoms with E-state index in [1.807, 2.05) is 0 Å². The molecule has 1 fully saturated rings. The molecule has 1 aliphatic heterocycles. The minimum atomic E-state index is -0.315. The van der Waals surface area contributed by atoms with E-state index < -0.39 is 0 Å². The molecule has 7 nitrogen and oxygen atoms in total. The van der Waals surface area contributed by atoms with Crippen molar-refractivity contribution in [1.29, 1.82) is 0 Å². The molecule has 3 amide bonds. The second-order valence-corrected chi connectivity index (χ2v) is 7.24. The minimum absolute atomic E-state index is 0.0766. The van der Waals surface area contributed by atoms with Crippen LogP contribution in [0, 0.1) is 5.82 Å². The summed E-state index contributed by atoms with van der Waals surface area (Å²) >= 11 is 0. The van der Waals surface area contributed by atoms with Crippen LogP contribution in [0.15, 0.2) is 30.6 Å². The summed E-state index contributed by atoms with van der Waals surface area (Å²) in [7, 11) is 1.55. The lowest BCUT2D eigenvalue weighted by molar-refractivity contribution is -0.121. The number of urea groups is 1. The van der Waals surface area contributed by atoms with E-state index in [1.165, 1.54) is 16.9 Å². The lowest BCUT2D eigenvalue weighted by Crippen LogP contribution is -2.38. The highest BCUT2D eigenvalue weighted by atomic mass is 19.1. The Labute approximate surface area is 156 Å². The number of halogens is 1. The third kappa shape index (κ3) is 3.05. The Hall–Kier alpha value is -2.90. The van der Waals surface area contributed by atoms with Gasteiger partial charge in [-0.2, -0.15) is 5.10 Å². The number of likely N-dealkylation sites (N-methyl/N-ethyl adjacent to an activating group) is 1. The summed E-state index contributed by atoms with van der Waals surface area (Å²) in [6.07, 6.45) is 6.99. The second kappa shape index (κ2) is 6.68. The van der Waals surface area contributed by atoms with Gasteiger partial charge in [-0.25, -0.2) is 9.18 Å². The average Bonchev–Trinajstić information content (AvgIpc) is 3.36. The number of rotatable bonds is 3.